The summed E-state index contributed by atoms with van der Waals surface area (Å²) in [5.41, 5.74) is 0.0796. The minimum Gasteiger partial charge on any atom is -0.444 e. The third-order valence-corrected chi connectivity index (χ3v) is 7.06. The molecule has 0 aliphatic heterocycles. The Morgan fingerprint density at radius 1 is 0.923 bits per heavy atom. The molecule has 3 atom stereocenters. The van der Waals surface area contributed by atoms with Crippen LogP contribution in [-0.4, -0.2) is 59.0 Å². The van der Waals surface area contributed by atoms with E-state index >= 15 is 0 Å². The lowest BCUT2D eigenvalue weighted by molar-refractivity contribution is -0.143. The summed E-state index contributed by atoms with van der Waals surface area (Å²) in [6.07, 6.45) is 10.00. The standard InChI is InChI=1S/C31H53N3O4S/c1-8-10-11-12-13-17-22-34(29(36)26(21-23-39-7)33-30(37)38-31(4,5)6)27(25-19-15-14-16-20-25)28(35)32-24(3)18-9-2/h14-16,19-20,24,26-27H,8-13,17-18,21-23H2,1-7H3,(H,32,35)(H,33,37). The summed E-state index contributed by atoms with van der Waals surface area (Å²) < 4.78 is 5.48. The van der Waals surface area contributed by atoms with E-state index in [2.05, 4.69) is 24.5 Å². The summed E-state index contributed by atoms with van der Waals surface area (Å²) in [5.74, 6) is 0.241. The van der Waals surface area contributed by atoms with Crippen molar-refractivity contribution in [1.82, 2.24) is 15.5 Å². The fraction of sp³-hybridized carbons (Fsp3) is 0.710. The van der Waals surface area contributed by atoms with E-state index < -0.39 is 23.8 Å². The number of nitrogens with zero attached hydrogens (tertiary/aromatic N) is 1. The first kappa shape index (κ1) is 34.8. The van der Waals surface area contributed by atoms with Gasteiger partial charge in [-0.2, -0.15) is 11.8 Å². The molecule has 0 aliphatic rings. The van der Waals surface area contributed by atoms with E-state index in [4.69, 9.17) is 4.74 Å². The first-order valence-electron chi connectivity index (χ1n) is 14.7. The number of amides is 3. The van der Waals surface area contributed by atoms with Crippen LogP contribution in [0, 0.1) is 0 Å². The van der Waals surface area contributed by atoms with Crippen LogP contribution in [0.5, 0.6) is 0 Å². The van der Waals surface area contributed by atoms with E-state index in [1.165, 1.54) is 12.8 Å². The Bertz CT molecular complexity index is 844. The van der Waals surface area contributed by atoms with Gasteiger partial charge in [-0.25, -0.2) is 4.79 Å². The van der Waals surface area contributed by atoms with Crippen molar-refractivity contribution in [3.8, 4) is 0 Å². The Hall–Kier alpha value is -2.22. The molecular weight excluding hydrogens is 510 g/mol. The summed E-state index contributed by atoms with van der Waals surface area (Å²) in [7, 11) is 0. The van der Waals surface area contributed by atoms with Crippen LogP contribution in [0.25, 0.3) is 0 Å². The van der Waals surface area contributed by atoms with E-state index in [1.54, 1.807) is 37.4 Å². The number of nitrogens with one attached hydrogen (secondary N) is 2. The number of hydrogen-bond donors (Lipinski definition) is 2. The average Bonchev–Trinajstić information content (AvgIpc) is 2.87. The maximum atomic E-state index is 14.2. The lowest BCUT2D eigenvalue weighted by Gasteiger charge is -2.35. The minimum atomic E-state index is -0.792. The van der Waals surface area contributed by atoms with Crippen molar-refractivity contribution in [3.63, 3.8) is 0 Å². The monoisotopic (exact) mass is 563 g/mol. The van der Waals surface area contributed by atoms with Crippen LogP contribution in [0.15, 0.2) is 30.3 Å². The van der Waals surface area contributed by atoms with Crippen molar-refractivity contribution in [2.24, 2.45) is 0 Å². The van der Waals surface area contributed by atoms with Gasteiger partial charge in [-0.15, -0.1) is 0 Å². The maximum absolute atomic E-state index is 14.2. The fourth-order valence-electron chi connectivity index (χ4n) is 4.51. The molecule has 8 heteroatoms. The van der Waals surface area contributed by atoms with Crippen molar-refractivity contribution < 1.29 is 19.1 Å². The molecule has 1 aromatic rings. The number of unbranched alkanes of at least 4 members (excludes halogenated alkanes) is 5. The molecule has 0 bridgehead atoms. The van der Waals surface area contributed by atoms with Crippen LogP contribution in [0.4, 0.5) is 4.79 Å². The topological polar surface area (TPSA) is 87.7 Å². The van der Waals surface area contributed by atoms with E-state index in [0.29, 0.717) is 18.7 Å². The van der Waals surface area contributed by atoms with Gasteiger partial charge in [-0.05, 0) is 64.5 Å². The van der Waals surface area contributed by atoms with Gasteiger partial charge in [-0.1, -0.05) is 82.7 Å². The predicted molar refractivity (Wildman–Crippen MR) is 163 cm³/mol. The third-order valence-electron chi connectivity index (χ3n) is 6.42. The molecule has 222 valence electrons. The second-order valence-corrected chi connectivity index (χ2v) is 12.3. The van der Waals surface area contributed by atoms with Crippen molar-refractivity contribution >= 4 is 29.7 Å². The summed E-state index contributed by atoms with van der Waals surface area (Å²) in [5, 5.41) is 5.95. The van der Waals surface area contributed by atoms with Crippen molar-refractivity contribution in [2.45, 2.75) is 123 Å². The lowest BCUT2D eigenvalue weighted by Crippen LogP contribution is -2.54. The highest BCUT2D eigenvalue weighted by Crippen LogP contribution is 2.25. The summed E-state index contributed by atoms with van der Waals surface area (Å²) in [4.78, 5) is 42.4. The molecule has 2 N–H and O–H groups in total. The smallest absolute Gasteiger partial charge is 0.408 e. The zero-order valence-corrected chi connectivity index (χ0v) is 26.2. The van der Waals surface area contributed by atoms with Gasteiger partial charge in [0, 0.05) is 12.6 Å². The highest BCUT2D eigenvalue weighted by atomic mass is 32.2. The van der Waals surface area contributed by atoms with E-state index in [9.17, 15) is 14.4 Å². The third kappa shape index (κ3) is 14.1. The molecule has 0 aliphatic carbocycles. The van der Waals surface area contributed by atoms with Gasteiger partial charge in [0.1, 0.15) is 17.7 Å². The Morgan fingerprint density at radius 3 is 2.15 bits per heavy atom. The molecule has 1 aromatic carbocycles. The minimum absolute atomic E-state index is 0.00751. The van der Waals surface area contributed by atoms with Gasteiger partial charge in [0.15, 0.2) is 0 Å². The van der Waals surface area contributed by atoms with Crippen LogP contribution in [0.3, 0.4) is 0 Å². The van der Waals surface area contributed by atoms with E-state index in [1.807, 2.05) is 43.5 Å². The Balaban J connectivity index is 3.36. The van der Waals surface area contributed by atoms with Crippen molar-refractivity contribution in [3.05, 3.63) is 35.9 Å². The maximum Gasteiger partial charge on any atom is 0.408 e. The van der Waals surface area contributed by atoms with E-state index in [-0.39, 0.29) is 17.9 Å². The van der Waals surface area contributed by atoms with Crippen LogP contribution >= 0.6 is 11.8 Å². The molecule has 3 unspecified atom stereocenters. The van der Waals surface area contributed by atoms with Crippen LogP contribution in [-0.2, 0) is 14.3 Å². The van der Waals surface area contributed by atoms with Gasteiger partial charge in [-0.3, -0.25) is 9.59 Å². The average molecular weight is 564 g/mol. The SMILES string of the molecule is CCCCCCCCN(C(=O)C(CCSC)NC(=O)OC(C)(C)C)C(C(=O)NC(C)CCC)c1ccccc1. The Morgan fingerprint density at radius 2 is 1.56 bits per heavy atom. The van der Waals surface area contributed by atoms with Gasteiger partial charge in [0.05, 0.1) is 0 Å². The number of hydrogen-bond acceptors (Lipinski definition) is 5. The number of carbonyl (C=O) groups excluding carboxylic acids is 3. The summed E-state index contributed by atoms with van der Waals surface area (Å²) in [6, 6.07) is 7.90. The highest BCUT2D eigenvalue weighted by Gasteiger charge is 2.36. The van der Waals surface area contributed by atoms with Crippen molar-refractivity contribution in [1.29, 1.82) is 0 Å². The summed E-state index contributed by atoms with van der Waals surface area (Å²) >= 11 is 1.61. The predicted octanol–water partition coefficient (Wildman–Crippen LogP) is 6.87. The van der Waals surface area contributed by atoms with Crippen LogP contribution < -0.4 is 10.6 Å². The molecule has 0 spiro atoms. The zero-order chi connectivity index (χ0) is 29.3. The van der Waals surface area contributed by atoms with Gasteiger partial charge in [0.25, 0.3) is 0 Å². The number of carbonyl (C=O) groups is 3. The second-order valence-electron chi connectivity index (χ2n) is 11.3. The Kier molecular flexibility index (Phi) is 16.9. The largest absolute Gasteiger partial charge is 0.444 e. The molecule has 0 heterocycles. The first-order valence-corrected chi connectivity index (χ1v) is 16.1. The molecule has 1 rings (SSSR count). The number of benzene rings is 1. The molecule has 7 nitrogen and oxygen atoms in total. The molecule has 0 aromatic heterocycles. The normalized spacial score (nSPS) is 13.7. The van der Waals surface area contributed by atoms with Gasteiger partial charge in [0.2, 0.25) is 11.8 Å². The Labute approximate surface area is 241 Å². The molecule has 0 radical (unpaired) electrons. The molecular formula is C31H53N3O4S. The first-order chi connectivity index (χ1) is 18.5. The quantitative estimate of drug-likeness (QED) is 0.190. The zero-order valence-electron chi connectivity index (χ0n) is 25.4. The van der Waals surface area contributed by atoms with Gasteiger partial charge >= 0.3 is 6.09 Å². The molecule has 0 fully saturated rings. The number of alkyl carbamates (subject to hydrolysis) is 1. The molecule has 0 saturated carbocycles. The number of thioether (sulfide) groups is 1. The number of rotatable bonds is 18. The fourth-order valence-corrected chi connectivity index (χ4v) is 4.98. The van der Waals surface area contributed by atoms with E-state index in [0.717, 1.165) is 44.1 Å². The van der Waals surface area contributed by atoms with Gasteiger partial charge < -0.3 is 20.3 Å². The molecule has 39 heavy (non-hydrogen) atoms. The highest BCUT2D eigenvalue weighted by molar-refractivity contribution is 7.98. The molecule has 3 amide bonds. The number of ether oxygens (including phenoxy) is 1. The van der Waals surface area contributed by atoms with Crippen LogP contribution in [0.1, 0.15) is 111 Å². The summed E-state index contributed by atoms with van der Waals surface area (Å²) in [6.45, 7) is 12.1. The molecule has 0 saturated heterocycles. The van der Waals surface area contributed by atoms with Crippen molar-refractivity contribution in [2.75, 3.05) is 18.6 Å². The second kappa shape index (κ2) is 19.0. The van der Waals surface area contributed by atoms with Crippen LogP contribution in [0.2, 0.25) is 0 Å². The lowest BCUT2D eigenvalue weighted by atomic mass is 10.0.